The zero-order chi connectivity index (χ0) is 22.0. The van der Waals surface area contributed by atoms with Gasteiger partial charge in [-0.15, -0.1) is 0 Å². The second-order valence-electron chi connectivity index (χ2n) is 8.59. The normalized spacial score (nSPS) is 24.3. The Bertz CT molecular complexity index is 909. The highest BCUT2D eigenvalue weighted by molar-refractivity contribution is 6.42. The van der Waals surface area contributed by atoms with E-state index in [-0.39, 0.29) is 24.0 Å². The Morgan fingerprint density at radius 2 is 1.81 bits per heavy atom. The average Bonchev–Trinajstić information content (AvgIpc) is 2.76. The molecule has 31 heavy (non-hydrogen) atoms. The first-order valence-corrected chi connectivity index (χ1v) is 11.4. The van der Waals surface area contributed by atoms with Crippen LogP contribution in [0.2, 0.25) is 10.0 Å². The van der Waals surface area contributed by atoms with E-state index in [0.717, 1.165) is 18.7 Å². The summed E-state index contributed by atoms with van der Waals surface area (Å²) in [5.41, 5.74) is 2.17. The molecule has 2 aromatic carbocycles. The largest absolute Gasteiger partial charge is 0.378 e. The van der Waals surface area contributed by atoms with Crippen molar-refractivity contribution >= 4 is 29.1 Å². The van der Waals surface area contributed by atoms with Crippen molar-refractivity contribution in [3.63, 3.8) is 0 Å². The first-order chi connectivity index (χ1) is 14.9. The number of hydrogen-bond acceptors (Lipinski definition) is 4. The van der Waals surface area contributed by atoms with E-state index >= 15 is 0 Å². The number of rotatable bonds is 5. The minimum Gasteiger partial charge on any atom is -0.378 e. The van der Waals surface area contributed by atoms with Gasteiger partial charge in [0.25, 0.3) is 0 Å². The van der Waals surface area contributed by atoms with E-state index in [2.05, 4.69) is 53.1 Å². The van der Waals surface area contributed by atoms with Gasteiger partial charge in [-0.25, -0.2) is 0 Å². The number of carbonyl (C=O) groups excluding carboxylic acids is 1. The summed E-state index contributed by atoms with van der Waals surface area (Å²) >= 11 is 12.2. The quantitative estimate of drug-likeness (QED) is 0.681. The molecule has 5 nitrogen and oxygen atoms in total. The monoisotopic (exact) mass is 461 g/mol. The fraction of sp³-hybridized carbons (Fsp3) is 0.458. The lowest BCUT2D eigenvalue weighted by molar-refractivity contribution is -0.152. The Labute approximate surface area is 194 Å². The van der Waals surface area contributed by atoms with E-state index in [1.807, 2.05) is 12.1 Å². The van der Waals surface area contributed by atoms with Crippen molar-refractivity contribution in [1.82, 2.24) is 14.7 Å². The van der Waals surface area contributed by atoms with Gasteiger partial charge in [-0.3, -0.25) is 9.69 Å². The summed E-state index contributed by atoms with van der Waals surface area (Å²) < 4.78 is 6.00. The molecule has 0 radical (unpaired) electrons. The number of halogens is 2. The molecule has 2 aliphatic heterocycles. The number of carbonyl (C=O) groups is 1. The van der Waals surface area contributed by atoms with Crippen LogP contribution in [0, 0.1) is 0 Å². The molecule has 0 spiro atoms. The number of nitrogens with zero attached hydrogens (tertiary/aromatic N) is 3. The van der Waals surface area contributed by atoms with Crippen LogP contribution in [0.4, 0.5) is 0 Å². The first-order valence-electron chi connectivity index (χ1n) is 10.7. The summed E-state index contributed by atoms with van der Waals surface area (Å²) in [4.78, 5) is 20.1. The average molecular weight is 462 g/mol. The molecule has 2 saturated heterocycles. The highest BCUT2D eigenvalue weighted by Crippen LogP contribution is 2.29. The van der Waals surface area contributed by atoms with Crippen LogP contribution < -0.4 is 0 Å². The van der Waals surface area contributed by atoms with E-state index in [0.29, 0.717) is 36.2 Å². The molecule has 0 aromatic heterocycles. The highest BCUT2D eigenvalue weighted by atomic mass is 35.5. The molecule has 0 bridgehead atoms. The van der Waals surface area contributed by atoms with Crippen LogP contribution in [-0.2, 0) is 22.5 Å². The first kappa shape index (κ1) is 22.6. The van der Waals surface area contributed by atoms with Gasteiger partial charge < -0.3 is 14.5 Å². The van der Waals surface area contributed by atoms with Crippen LogP contribution in [0.5, 0.6) is 0 Å². The van der Waals surface area contributed by atoms with E-state index in [1.54, 1.807) is 12.1 Å². The van der Waals surface area contributed by atoms with Gasteiger partial charge in [0, 0.05) is 19.6 Å². The molecule has 0 N–H and O–H groups in total. The Hall–Kier alpha value is -1.63. The second-order valence-corrected chi connectivity index (χ2v) is 9.41. The standard InChI is InChI=1S/C24H29Cl2N3O2/c1-27(2)21-15-31-16-22-24(21)29(11-10-28(22)14-17-6-4-3-5-7-17)23(30)13-18-8-9-19(25)20(26)12-18/h3-9,12,21-22,24H,10-11,13-16H2,1-2H3/t21?,22?,24-/m1/s1. The number of piperazine rings is 1. The molecule has 2 heterocycles. The molecule has 166 valence electrons. The molecule has 2 fully saturated rings. The predicted octanol–water partition coefficient (Wildman–Crippen LogP) is 3.58. The van der Waals surface area contributed by atoms with Gasteiger partial charge >= 0.3 is 0 Å². The molecule has 2 aliphatic rings. The summed E-state index contributed by atoms with van der Waals surface area (Å²) in [6.07, 6.45) is 0.319. The van der Waals surface area contributed by atoms with Crippen LogP contribution in [0.1, 0.15) is 11.1 Å². The summed E-state index contributed by atoms with van der Waals surface area (Å²) in [5, 5.41) is 0.985. The Morgan fingerprint density at radius 1 is 1.03 bits per heavy atom. The van der Waals surface area contributed by atoms with Crippen LogP contribution in [0.3, 0.4) is 0 Å². The predicted molar refractivity (Wildman–Crippen MR) is 125 cm³/mol. The fourth-order valence-corrected chi connectivity index (χ4v) is 5.06. The number of fused-ring (bicyclic) bond motifs is 1. The number of hydrogen-bond donors (Lipinski definition) is 0. The molecule has 2 unspecified atom stereocenters. The smallest absolute Gasteiger partial charge is 0.227 e. The maximum atomic E-state index is 13.4. The van der Waals surface area contributed by atoms with Crippen LogP contribution in [-0.4, -0.2) is 79.1 Å². The van der Waals surface area contributed by atoms with E-state index in [4.69, 9.17) is 27.9 Å². The van der Waals surface area contributed by atoms with E-state index in [9.17, 15) is 4.79 Å². The number of likely N-dealkylation sites (N-methyl/N-ethyl adjacent to an activating group) is 1. The SMILES string of the molecule is CN(C)C1COCC2[C@@H]1N(C(=O)Cc1ccc(Cl)c(Cl)c1)CCN2Cc1ccccc1. The third-order valence-electron chi connectivity index (χ3n) is 6.37. The lowest BCUT2D eigenvalue weighted by Gasteiger charge is -2.54. The van der Waals surface area contributed by atoms with Crippen molar-refractivity contribution in [2.45, 2.75) is 31.1 Å². The Balaban J connectivity index is 1.56. The van der Waals surface area contributed by atoms with Gasteiger partial charge in [0.05, 0.1) is 47.8 Å². The van der Waals surface area contributed by atoms with Gasteiger partial charge in [-0.05, 0) is 37.4 Å². The maximum Gasteiger partial charge on any atom is 0.227 e. The number of amides is 1. The lowest BCUT2D eigenvalue weighted by atomic mass is 9.91. The maximum absolute atomic E-state index is 13.4. The molecule has 7 heteroatoms. The zero-order valence-corrected chi connectivity index (χ0v) is 19.5. The van der Waals surface area contributed by atoms with Gasteiger partial charge in [-0.2, -0.15) is 0 Å². The zero-order valence-electron chi connectivity index (χ0n) is 18.0. The summed E-state index contributed by atoms with van der Waals surface area (Å²) in [7, 11) is 4.13. The third kappa shape index (κ3) is 5.07. The summed E-state index contributed by atoms with van der Waals surface area (Å²) in [5.74, 6) is 0.126. The molecule has 3 atom stereocenters. The molecular formula is C24H29Cl2N3O2. The van der Waals surface area contributed by atoms with Gasteiger partial charge in [0.15, 0.2) is 0 Å². The molecule has 1 amide bonds. The lowest BCUT2D eigenvalue weighted by Crippen LogP contribution is -2.70. The molecule has 0 aliphatic carbocycles. The second kappa shape index (κ2) is 9.88. The third-order valence-corrected chi connectivity index (χ3v) is 7.11. The van der Waals surface area contributed by atoms with Gasteiger partial charge in [-0.1, -0.05) is 59.6 Å². The van der Waals surface area contributed by atoms with Crippen LogP contribution in [0.25, 0.3) is 0 Å². The van der Waals surface area contributed by atoms with E-state index in [1.165, 1.54) is 5.56 Å². The van der Waals surface area contributed by atoms with Crippen molar-refractivity contribution in [2.24, 2.45) is 0 Å². The summed E-state index contributed by atoms with van der Waals surface area (Å²) in [6, 6.07) is 16.3. The highest BCUT2D eigenvalue weighted by Gasteiger charge is 2.46. The minimum absolute atomic E-state index is 0.0801. The minimum atomic E-state index is 0.0801. The summed E-state index contributed by atoms with van der Waals surface area (Å²) in [6.45, 7) is 3.66. The van der Waals surface area contributed by atoms with E-state index < -0.39 is 0 Å². The molecule has 0 saturated carbocycles. The fourth-order valence-electron chi connectivity index (χ4n) is 4.74. The van der Waals surface area contributed by atoms with Crippen LogP contribution >= 0.6 is 23.2 Å². The van der Waals surface area contributed by atoms with Crippen molar-refractivity contribution in [3.8, 4) is 0 Å². The molecule has 2 aromatic rings. The van der Waals surface area contributed by atoms with Gasteiger partial charge in [0.2, 0.25) is 5.91 Å². The van der Waals surface area contributed by atoms with Crippen molar-refractivity contribution in [3.05, 3.63) is 69.7 Å². The van der Waals surface area contributed by atoms with Crippen molar-refractivity contribution in [2.75, 3.05) is 40.4 Å². The molecular weight excluding hydrogens is 433 g/mol. The Morgan fingerprint density at radius 3 is 2.52 bits per heavy atom. The number of ether oxygens (including phenoxy) is 1. The topological polar surface area (TPSA) is 36.0 Å². The van der Waals surface area contributed by atoms with Crippen molar-refractivity contribution in [1.29, 1.82) is 0 Å². The van der Waals surface area contributed by atoms with Crippen molar-refractivity contribution < 1.29 is 9.53 Å². The van der Waals surface area contributed by atoms with Gasteiger partial charge in [0.1, 0.15) is 0 Å². The number of benzene rings is 2. The van der Waals surface area contributed by atoms with Crippen LogP contribution in [0.15, 0.2) is 48.5 Å². The molecule has 4 rings (SSSR count). The Kier molecular flexibility index (Phi) is 7.19.